The van der Waals surface area contributed by atoms with Crippen molar-refractivity contribution in [3.63, 3.8) is 0 Å². The molecule has 0 saturated carbocycles. The van der Waals surface area contributed by atoms with Crippen molar-refractivity contribution in [2.45, 2.75) is 19.5 Å². The predicted octanol–water partition coefficient (Wildman–Crippen LogP) is 3.61. The van der Waals surface area contributed by atoms with Crippen molar-refractivity contribution in [3.8, 4) is 0 Å². The van der Waals surface area contributed by atoms with Crippen LogP contribution in [0.4, 0.5) is 4.79 Å². The molecule has 0 radical (unpaired) electrons. The number of carbonyl (C=O) groups is 1. The van der Waals surface area contributed by atoms with Gasteiger partial charge in [-0.3, -0.25) is 0 Å². The number of aliphatic hydroxyl groups excluding tert-OH is 1. The van der Waals surface area contributed by atoms with Gasteiger partial charge in [0.15, 0.2) is 0 Å². The number of aliphatic hydroxyl groups is 1. The van der Waals surface area contributed by atoms with E-state index in [9.17, 15) is 9.90 Å². The number of rotatable bonds is 6. The predicted molar refractivity (Wildman–Crippen MR) is 92.3 cm³/mol. The van der Waals surface area contributed by atoms with Gasteiger partial charge in [0.25, 0.3) is 0 Å². The number of urea groups is 1. The van der Waals surface area contributed by atoms with Crippen LogP contribution in [-0.4, -0.2) is 29.2 Å². The molecule has 0 fully saturated rings. The third-order valence-corrected chi connectivity index (χ3v) is 3.84. The van der Waals surface area contributed by atoms with Crippen LogP contribution in [0.15, 0.2) is 54.6 Å². The molecule has 5 heteroatoms. The SMILES string of the molecule is CC(NC(=O)N(CCO)Cc1ccccc1)c1ccc(Cl)cc1. The number of nitrogens with one attached hydrogen (secondary N) is 1. The second-order valence-electron chi connectivity index (χ2n) is 5.35. The maximum Gasteiger partial charge on any atom is 0.318 e. The summed E-state index contributed by atoms with van der Waals surface area (Å²) in [7, 11) is 0. The second kappa shape index (κ2) is 8.56. The normalized spacial score (nSPS) is 11.8. The maximum atomic E-state index is 12.5. The maximum absolute atomic E-state index is 12.5. The van der Waals surface area contributed by atoms with Crippen LogP contribution in [0.3, 0.4) is 0 Å². The first kappa shape index (κ1) is 17.3. The number of amides is 2. The molecule has 0 saturated heterocycles. The van der Waals surface area contributed by atoms with Crippen LogP contribution in [0, 0.1) is 0 Å². The molecule has 2 N–H and O–H groups in total. The molecule has 2 amide bonds. The molecule has 0 aliphatic carbocycles. The lowest BCUT2D eigenvalue weighted by atomic mass is 10.1. The molecule has 0 aromatic heterocycles. The van der Waals surface area contributed by atoms with Gasteiger partial charge in [0, 0.05) is 18.1 Å². The van der Waals surface area contributed by atoms with Crippen molar-refractivity contribution >= 4 is 17.6 Å². The summed E-state index contributed by atoms with van der Waals surface area (Å²) in [6.45, 7) is 2.59. The average molecular weight is 333 g/mol. The summed E-state index contributed by atoms with van der Waals surface area (Å²) in [5.41, 5.74) is 2.00. The minimum absolute atomic E-state index is 0.0738. The summed E-state index contributed by atoms with van der Waals surface area (Å²) >= 11 is 5.88. The van der Waals surface area contributed by atoms with Gasteiger partial charge in [-0.15, -0.1) is 0 Å². The summed E-state index contributed by atoms with van der Waals surface area (Å²) in [5.74, 6) is 0. The van der Waals surface area contributed by atoms with E-state index in [4.69, 9.17) is 11.6 Å². The standard InChI is InChI=1S/C18H21ClN2O2/c1-14(16-7-9-17(19)10-8-16)20-18(23)21(11-12-22)13-15-5-3-2-4-6-15/h2-10,14,22H,11-13H2,1H3,(H,20,23). The van der Waals surface area contributed by atoms with Crippen molar-refractivity contribution in [2.75, 3.05) is 13.2 Å². The molecular weight excluding hydrogens is 312 g/mol. The van der Waals surface area contributed by atoms with Gasteiger partial charge in [0.05, 0.1) is 12.6 Å². The smallest absolute Gasteiger partial charge is 0.318 e. The molecule has 2 aromatic rings. The zero-order chi connectivity index (χ0) is 16.7. The Morgan fingerprint density at radius 2 is 1.83 bits per heavy atom. The van der Waals surface area contributed by atoms with E-state index >= 15 is 0 Å². The lowest BCUT2D eigenvalue weighted by Crippen LogP contribution is -2.42. The van der Waals surface area contributed by atoms with Gasteiger partial charge in [-0.2, -0.15) is 0 Å². The van der Waals surface area contributed by atoms with E-state index in [0.29, 0.717) is 11.6 Å². The topological polar surface area (TPSA) is 52.6 Å². The summed E-state index contributed by atoms with van der Waals surface area (Å²) in [4.78, 5) is 14.1. The third kappa shape index (κ3) is 5.27. The molecule has 0 aliphatic heterocycles. The Morgan fingerprint density at radius 1 is 1.17 bits per heavy atom. The monoisotopic (exact) mass is 332 g/mol. The minimum atomic E-state index is -0.203. The molecule has 23 heavy (non-hydrogen) atoms. The Labute approximate surface area is 141 Å². The Morgan fingerprint density at radius 3 is 2.43 bits per heavy atom. The van der Waals surface area contributed by atoms with Crippen molar-refractivity contribution in [1.82, 2.24) is 10.2 Å². The number of halogens is 1. The van der Waals surface area contributed by atoms with Gasteiger partial charge < -0.3 is 15.3 Å². The molecule has 4 nitrogen and oxygen atoms in total. The summed E-state index contributed by atoms with van der Waals surface area (Å²) < 4.78 is 0. The molecule has 0 heterocycles. The number of hydrogen-bond donors (Lipinski definition) is 2. The number of benzene rings is 2. The molecule has 2 aromatic carbocycles. The quantitative estimate of drug-likeness (QED) is 0.849. The largest absolute Gasteiger partial charge is 0.395 e. The van der Waals surface area contributed by atoms with Crippen LogP contribution < -0.4 is 5.32 Å². The highest BCUT2D eigenvalue weighted by atomic mass is 35.5. The first-order valence-electron chi connectivity index (χ1n) is 7.56. The van der Waals surface area contributed by atoms with Gasteiger partial charge in [-0.05, 0) is 30.2 Å². The fourth-order valence-electron chi connectivity index (χ4n) is 2.29. The van der Waals surface area contributed by atoms with Gasteiger partial charge in [0.2, 0.25) is 0 Å². The van der Waals surface area contributed by atoms with Crippen LogP contribution in [0.1, 0.15) is 24.1 Å². The fraction of sp³-hybridized carbons (Fsp3) is 0.278. The van der Waals surface area contributed by atoms with Crippen LogP contribution in [0.25, 0.3) is 0 Å². The van der Waals surface area contributed by atoms with E-state index in [0.717, 1.165) is 11.1 Å². The molecule has 122 valence electrons. The number of hydrogen-bond acceptors (Lipinski definition) is 2. The fourth-order valence-corrected chi connectivity index (χ4v) is 2.41. The Balaban J connectivity index is 2.01. The van der Waals surface area contributed by atoms with Crippen LogP contribution >= 0.6 is 11.6 Å². The van der Waals surface area contributed by atoms with Crippen molar-refractivity contribution in [3.05, 3.63) is 70.7 Å². The van der Waals surface area contributed by atoms with Crippen LogP contribution in [0.5, 0.6) is 0 Å². The van der Waals surface area contributed by atoms with E-state index in [1.807, 2.05) is 49.4 Å². The molecule has 0 aliphatic rings. The number of carbonyl (C=O) groups excluding carboxylic acids is 1. The zero-order valence-corrected chi connectivity index (χ0v) is 13.8. The van der Waals surface area contributed by atoms with Crippen molar-refractivity contribution in [2.24, 2.45) is 0 Å². The highest BCUT2D eigenvalue weighted by Crippen LogP contribution is 2.16. The van der Waals surface area contributed by atoms with Gasteiger partial charge >= 0.3 is 6.03 Å². The second-order valence-corrected chi connectivity index (χ2v) is 5.79. The van der Waals surface area contributed by atoms with Crippen molar-refractivity contribution < 1.29 is 9.90 Å². The van der Waals surface area contributed by atoms with E-state index in [2.05, 4.69) is 5.32 Å². The van der Waals surface area contributed by atoms with Gasteiger partial charge in [-0.1, -0.05) is 54.1 Å². The summed E-state index contributed by atoms with van der Waals surface area (Å²) in [5, 5.41) is 12.8. The highest BCUT2D eigenvalue weighted by Gasteiger charge is 2.16. The Hall–Kier alpha value is -2.04. The van der Waals surface area contributed by atoms with Crippen molar-refractivity contribution in [1.29, 1.82) is 0 Å². The lowest BCUT2D eigenvalue weighted by Gasteiger charge is -2.25. The van der Waals surface area contributed by atoms with Crippen LogP contribution in [-0.2, 0) is 6.54 Å². The molecule has 2 rings (SSSR count). The van der Waals surface area contributed by atoms with E-state index in [-0.39, 0.29) is 25.2 Å². The van der Waals surface area contributed by atoms with E-state index in [1.165, 1.54) is 0 Å². The van der Waals surface area contributed by atoms with Gasteiger partial charge in [-0.25, -0.2) is 4.79 Å². The highest BCUT2D eigenvalue weighted by molar-refractivity contribution is 6.30. The Bertz CT molecular complexity index is 617. The zero-order valence-electron chi connectivity index (χ0n) is 13.1. The first-order valence-corrected chi connectivity index (χ1v) is 7.93. The first-order chi connectivity index (χ1) is 11.1. The molecule has 0 spiro atoms. The average Bonchev–Trinajstić information content (AvgIpc) is 2.56. The summed E-state index contributed by atoms with van der Waals surface area (Å²) in [6, 6.07) is 16.7. The number of nitrogens with zero attached hydrogens (tertiary/aromatic N) is 1. The van der Waals surface area contributed by atoms with E-state index in [1.54, 1.807) is 17.0 Å². The molecular formula is C18H21ClN2O2. The molecule has 1 unspecified atom stereocenters. The summed E-state index contributed by atoms with van der Waals surface area (Å²) in [6.07, 6.45) is 0. The molecule has 0 bridgehead atoms. The van der Waals surface area contributed by atoms with Gasteiger partial charge in [0.1, 0.15) is 0 Å². The lowest BCUT2D eigenvalue weighted by molar-refractivity contribution is 0.171. The Kier molecular flexibility index (Phi) is 6.44. The molecule has 1 atom stereocenters. The van der Waals surface area contributed by atoms with Crippen LogP contribution in [0.2, 0.25) is 5.02 Å². The minimum Gasteiger partial charge on any atom is -0.395 e. The third-order valence-electron chi connectivity index (χ3n) is 3.58. The van der Waals surface area contributed by atoms with E-state index < -0.39 is 0 Å².